The number of pyridine rings is 1. The number of nitrogens with one attached hydrogen (secondary N) is 1. The van der Waals surface area contributed by atoms with Gasteiger partial charge in [-0.05, 0) is 18.6 Å². The number of aliphatic imine (C=N–C) groups is 1. The highest BCUT2D eigenvalue weighted by atomic mass is 19.4. The van der Waals surface area contributed by atoms with Gasteiger partial charge in [0.25, 0.3) is 0 Å². The van der Waals surface area contributed by atoms with Crippen LogP contribution in [0.1, 0.15) is 19.4 Å². The first-order valence-electron chi connectivity index (χ1n) is 8.71. The van der Waals surface area contributed by atoms with E-state index < -0.39 is 12.8 Å². The number of piperazine rings is 1. The van der Waals surface area contributed by atoms with Crippen LogP contribution in [0.2, 0.25) is 0 Å². The Morgan fingerprint density at radius 3 is 2.56 bits per heavy atom. The molecule has 0 bridgehead atoms. The van der Waals surface area contributed by atoms with Crippen LogP contribution in [-0.2, 0) is 11.3 Å². The maximum atomic E-state index is 12.3. The van der Waals surface area contributed by atoms with Crippen LogP contribution in [0.4, 0.5) is 13.2 Å². The van der Waals surface area contributed by atoms with Crippen molar-refractivity contribution in [2.24, 2.45) is 4.99 Å². The molecule has 0 aromatic carbocycles. The van der Waals surface area contributed by atoms with Crippen LogP contribution in [0.5, 0.6) is 5.88 Å². The molecule has 0 unspecified atom stereocenters. The Hall–Kier alpha value is -2.52. The van der Waals surface area contributed by atoms with E-state index in [9.17, 15) is 18.0 Å². The van der Waals surface area contributed by atoms with Crippen LogP contribution < -0.4 is 10.1 Å². The number of rotatable bonds is 5. The summed E-state index contributed by atoms with van der Waals surface area (Å²) < 4.78 is 41.4. The minimum atomic E-state index is -4.41. The van der Waals surface area contributed by atoms with Crippen LogP contribution in [0.25, 0.3) is 0 Å². The second-order valence-corrected chi connectivity index (χ2v) is 6.07. The van der Waals surface area contributed by atoms with Gasteiger partial charge >= 0.3 is 6.18 Å². The second kappa shape index (κ2) is 9.43. The fraction of sp³-hybridized carbons (Fsp3) is 0.588. The Kier molecular flexibility index (Phi) is 7.26. The third kappa shape index (κ3) is 6.95. The van der Waals surface area contributed by atoms with Gasteiger partial charge < -0.3 is 19.9 Å². The number of halogens is 3. The van der Waals surface area contributed by atoms with E-state index in [0.717, 1.165) is 0 Å². The van der Waals surface area contributed by atoms with E-state index in [1.807, 2.05) is 6.92 Å². The van der Waals surface area contributed by atoms with E-state index in [1.54, 1.807) is 17.9 Å². The number of hydrogen-bond donors (Lipinski definition) is 1. The monoisotopic (exact) mass is 387 g/mol. The summed E-state index contributed by atoms with van der Waals surface area (Å²) in [5.41, 5.74) is 0.694. The van der Waals surface area contributed by atoms with E-state index in [1.165, 1.54) is 12.3 Å². The quantitative estimate of drug-likeness (QED) is 0.615. The Balaban J connectivity index is 1.99. The number of carbonyl (C=O) groups is 1. The fourth-order valence-corrected chi connectivity index (χ4v) is 2.61. The van der Waals surface area contributed by atoms with Gasteiger partial charge in [0.05, 0.1) is 6.54 Å². The molecule has 2 heterocycles. The predicted octanol–water partition coefficient (Wildman–Crippen LogP) is 1.65. The van der Waals surface area contributed by atoms with Gasteiger partial charge in [-0.25, -0.2) is 9.98 Å². The largest absolute Gasteiger partial charge is 0.468 e. The van der Waals surface area contributed by atoms with Crippen molar-refractivity contribution in [1.29, 1.82) is 0 Å². The molecule has 0 aliphatic carbocycles. The Bertz CT molecular complexity index is 658. The maximum Gasteiger partial charge on any atom is 0.422 e. The standard InChI is InChI=1S/C17H24F3N5O2/c1-3-21-16(25-8-6-24(7-9-25)13(2)26)23-11-14-4-5-22-15(10-14)27-12-17(18,19)20/h4-5,10H,3,6-9,11-12H2,1-2H3,(H,21,23). The highest BCUT2D eigenvalue weighted by molar-refractivity contribution is 5.80. The van der Waals surface area contributed by atoms with Gasteiger partial charge in [0.1, 0.15) is 0 Å². The molecule has 0 saturated carbocycles. The van der Waals surface area contributed by atoms with E-state index in [-0.39, 0.29) is 18.3 Å². The zero-order valence-corrected chi connectivity index (χ0v) is 15.4. The van der Waals surface area contributed by atoms with E-state index in [4.69, 9.17) is 0 Å². The number of alkyl halides is 3. The average molecular weight is 387 g/mol. The molecule has 150 valence electrons. The molecule has 1 aliphatic heterocycles. The van der Waals surface area contributed by atoms with Crippen molar-refractivity contribution in [3.63, 3.8) is 0 Å². The van der Waals surface area contributed by atoms with Gasteiger partial charge in [0, 0.05) is 51.9 Å². The molecule has 1 aromatic heterocycles. The first-order chi connectivity index (χ1) is 12.8. The van der Waals surface area contributed by atoms with Crippen molar-refractivity contribution >= 4 is 11.9 Å². The first-order valence-corrected chi connectivity index (χ1v) is 8.71. The number of carbonyl (C=O) groups excluding carboxylic acids is 1. The zero-order chi connectivity index (χ0) is 19.9. The van der Waals surface area contributed by atoms with Crippen LogP contribution in [0, 0.1) is 0 Å². The molecule has 0 atom stereocenters. The summed E-state index contributed by atoms with van der Waals surface area (Å²) in [6.07, 6.45) is -3.01. The molecule has 27 heavy (non-hydrogen) atoms. The Morgan fingerprint density at radius 1 is 1.30 bits per heavy atom. The summed E-state index contributed by atoms with van der Waals surface area (Å²) in [7, 11) is 0. The van der Waals surface area contributed by atoms with E-state index in [0.29, 0.717) is 44.2 Å². The number of aromatic nitrogens is 1. The minimum absolute atomic E-state index is 0.0553. The van der Waals surface area contributed by atoms with Crippen LogP contribution in [0.15, 0.2) is 23.3 Å². The Morgan fingerprint density at radius 2 is 1.96 bits per heavy atom. The lowest BCUT2D eigenvalue weighted by Gasteiger charge is -2.36. The zero-order valence-electron chi connectivity index (χ0n) is 15.4. The number of nitrogens with zero attached hydrogens (tertiary/aromatic N) is 4. The molecule has 1 fully saturated rings. The fourth-order valence-electron chi connectivity index (χ4n) is 2.61. The second-order valence-electron chi connectivity index (χ2n) is 6.07. The maximum absolute atomic E-state index is 12.3. The summed E-state index contributed by atoms with van der Waals surface area (Å²) in [4.78, 5) is 23.6. The van der Waals surface area contributed by atoms with Gasteiger partial charge in [-0.15, -0.1) is 0 Å². The number of amides is 1. The van der Waals surface area contributed by atoms with Crippen LogP contribution >= 0.6 is 0 Å². The number of hydrogen-bond acceptors (Lipinski definition) is 4. The van der Waals surface area contributed by atoms with E-state index in [2.05, 4.69) is 24.9 Å². The molecule has 1 aromatic rings. The Labute approximate surface area is 156 Å². The lowest BCUT2D eigenvalue weighted by molar-refractivity contribution is -0.154. The predicted molar refractivity (Wildman–Crippen MR) is 94.4 cm³/mol. The van der Waals surface area contributed by atoms with Crippen molar-refractivity contribution in [3.8, 4) is 5.88 Å². The van der Waals surface area contributed by atoms with E-state index >= 15 is 0 Å². The minimum Gasteiger partial charge on any atom is -0.468 e. The van der Waals surface area contributed by atoms with Crippen molar-refractivity contribution < 1.29 is 22.7 Å². The smallest absolute Gasteiger partial charge is 0.422 e. The van der Waals surface area contributed by atoms with Crippen molar-refractivity contribution in [3.05, 3.63) is 23.9 Å². The summed E-state index contributed by atoms with van der Waals surface area (Å²) in [6, 6.07) is 3.13. The molecular weight excluding hydrogens is 363 g/mol. The average Bonchev–Trinajstić information content (AvgIpc) is 2.63. The molecule has 0 radical (unpaired) electrons. The van der Waals surface area contributed by atoms with Gasteiger partial charge in [-0.1, -0.05) is 0 Å². The SMILES string of the molecule is CCNC(=NCc1ccnc(OCC(F)(F)F)c1)N1CCN(C(C)=O)CC1. The van der Waals surface area contributed by atoms with Gasteiger partial charge in [-0.2, -0.15) is 13.2 Å². The highest BCUT2D eigenvalue weighted by Gasteiger charge is 2.28. The molecule has 7 nitrogen and oxygen atoms in total. The van der Waals surface area contributed by atoms with Gasteiger partial charge in [-0.3, -0.25) is 4.79 Å². The molecule has 1 N–H and O–H groups in total. The van der Waals surface area contributed by atoms with Crippen molar-refractivity contribution in [1.82, 2.24) is 20.1 Å². The summed E-state index contributed by atoms with van der Waals surface area (Å²) >= 11 is 0. The van der Waals surface area contributed by atoms with Crippen LogP contribution in [0.3, 0.4) is 0 Å². The van der Waals surface area contributed by atoms with Gasteiger partial charge in [0.15, 0.2) is 12.6 Å². The molecular formula is C17H24F3N5O2. The van der Waals surface area contributed by atoms with Crippen LogP contribution in [-0.4, -0.2) is 72.2 Å². The normalized spacial score (nSPS) is 15.7. The molecule has 1 amide bonds. The van der Waals surface area contributed by atoms with Gasteiger partial charge in [0.2, 0.25) is 11.8 Å². The first kappa shape index (κ1) is 20.8. The number of guanidine groups is 1. The molecule has 2 rings (SSSR count). The lowest BCUT2D eigenvalue weighted by atomic mass is 10.2. The molecule has 1 aliphatic rings. The molecule has 0 spiro atoms. The summed E-state index contributed by atoms with van der Waals surface area (Å²) in [6.45, 7) is 5.68. The molecule has 1 saturated heterocycles. The highest BCUT2D eigenvalue weighted by Crippen LogP contribution is 2.18. The van der Waals surface area contributed by atoms with Crippen molar-refractivity contribution in [2.45, 2.75) is 26.6 Å². The third-order valence-corrected chi connectivity index (χ3v) is 3.95. The number of ether oxygens (including phenoxy) is 1. The molecule has 10 heteroatoms. The van der Waals surface area contributed by atoms with Crippen molar-refractivity contribution in [2.75, 3.05) is 39.3 Å². The third-order valence-electron chi connectivity index (χ3n) is 3.95. The topological polar surface area (TPSA) is 70.1 Å². The lowest BCUT2D eigenvalue weighted by Crippen LogP contribution is -2.53. The summed E-state index contributed by atoms with van der Waals surface area (Å²) in [5, 5.41) is 3.20. The summed E-state index contributed by atoms with van der Waals surface area (Å²) in [5.74, 6) is 0.676.